The molecular formula is C17H24N4OS. The molecule has 0 radical (unpaired) electrons. The average molecular weight is 332 g/mol. The van der Waals surface area contributed by atoms with Crippen molar-refractivity contribution in [1.29, 1.82) is 0 Å². The minimum Gasteiger partial charge on any atom is -0.478 e. The van der Waals surface area contributed by atoms with E-state index in [-0.39, 0.29) is 0 Å². The van der Waals surface area contributed by atoms with Gasteiger partial charge >= 0.3 is 0 Å². The third-order valence-corrected chi connectivity index (χ3v) is 4.35. The van der Waals surface area contributed by atoms with Gasteiger partial charge in [0.1, 0.15) is 0 Å². The fourth-order valence-electron chi connectivity index (χ4n) is 2.22. The number of pyridine rings is 1. The zero-order valence-corrected chi connectivity index (χ0v) is 14.8. The Kier molecular flexibility index (Phi) is 6.87. The van der Waals surface area contributed by atoms with Crippen LogP contribution < -0.4 is 10.1 Å². The van der Waals surface area contributed by atoms with Crippen LogP contribution in [0.2, 0.25) is 0 Å². The van der Waals surface area contributed by atoms with Gasteiger partial charge in [-0.3, -0.25) is 4.99 Å². The number of nitrogens with one attached hydrogen (secondary N) is 1. The summed E-state index contributed by atoms with van der Waals surface area (Å²) in [4.78, 5) is 12.1. The van der Waals surface area contributed by atoms with Crippen LogP contribution in [-0.2, 0) is 13.0 Å². The standard InChI is InChI=1S/C17H24N4OS/c1-4-22-16-14(7-5-10-19-16)13-20-17(18-2)21(3)11-9-15-8-6-12-23-15/h5-8,10,12H,4,9,11,13H2,1-3H3,(H,18,20). The van der Waals surface area contributed by atoms with Gasteiger partial charge in [-0.05, 0) is 30.9 Å². The van der Waals surface area contributed by atoms with Gasteiger partial charge in [0, 0.05) is 43.8 Å². The molecule has 0 fully saturated rings. The predicted molar refractivity (Wildman–Crippen MR) is 96.3 cm³/mol. The highest BCUT2D eigenvalue weighted by Gasteiger charge is 2.09. The number of ether oxygens (including phenoxy) is 1. The average Bonchev–Trinajstić information content (AvgIpc) is 3.08. The van der Waals surface area contributed by atoms with Gasteiger partial charge in [0.05, 0.1) is 6.61 Å². The Bertz CT molecular complexity index is 613. The Balaban J connectivity index is 1.89. The molecule has 0 unspecified atom stereocenters. The molecule has 2 rings (SSSR count). The summed E-state index contributed by atoms with van der Waals surface area (Å²) < 4.78 is 5.56. The molecule has 2 heterocycles. The van der Waals surface area contributed by atoms with Crippen LogP contribution in [0.4, 0.5) is 0 Å². The molecule has 0 aliphatic heterocycles. The lowest BCUT2D eigenvalue weighted by Crippen LogP contribution is -2.39. The maximum atomic E-state index is 5.56. The Morgan fingerprint density at radius 2 is 2.26 bits per heavy atom. The molecule has 2 aromatic rings. The first-order chi connectivity index (χ1) is 11.2. The van der Waals surface area contributed by atoms with Crippen molar-refractivity contribution in [3.63, 3.8) is 0 Å². The number of rotatable bonds is 7. The molecule has 0 aliphatic rings. The van der Waals surface area contributed by atoms with Crippen LogP contribution >= 0.6 is 11.3 Å². The fourth-order valence-corrected chi connectivity index (χ4v) is 2.92. The van der Waals surface area contributed by atoms with E-state index in [0.29, 0.717) is 19.0 Å². The number of hydrogen-bond acceptors (Lipinski definition) is 4. The van der Waals surface area contributed by atoms with Gasteiger partial charge in [-0.15, -0.1) is 11.3 Å². The largest absolute Gasteiger partial charge is 0.478 e. The first-order valence-electron chi connectivity index (χ1n) is 7.75. The van der Waals surface area contributed by atoms with Crippen LogP contribution in [0, 0.1) is 0 Å². The molecule has 0 aromatic carbocycles. The molecule has 5 nitrogen and oxygen atoms in total. The summed E-state index contributed by atoms with van der Waals surface area (Å²) in [5, 5.41) is 5.48. The molecule has 0 bridgehead atoms. The van der Waals surface area contributed by atoms with Gasteiger partial charge in [0.25, 0.3) is 0 Å². The molecule has 6 heteroatoms. The first-order valence-corrected chi connectivity index (χ1v) is 8.63. The molecule has 2 aromatic heterocycles. The number of aliphatic imine (C=N–C) groups is 1. The Morgan fingerprint density at radius 3 is 2.96 bits per heavy atom. The maximum Gasteiger partial charge on any atom is 0.218 e. The minimum absolute atomic E-state index is 0.611. The van der Waals surface area contributed by atoms with Crippen molar-refractivity contribution in [2.24, 2.45) is 4.99 Å². The summed E-state index contributed by atoms with van der Waals surface area (Å²) >= 11 is 1.79. The van der Waals surface area contributed by atoms with Crippen molar-refractivity contribution in [1.82, 2.24) is 15.2 Å². The molecule has 1 N–H and O–H groups in total. The molecule has 0 saturated heterocycles. The third-order valence-electron chi connectivity index (χ3n) is 3.42. The van der Waals surface area contributed by atoms with Gasteiger partial charge < -0.3 is 15.0 Å². The van der Waals surface area contributed by atoms with E-state index in [0.717, 1.165) is 24.5 Å². The van der Waals surface area contributed by atoms with Crippen LogP contribution in [0.15, 0.2) is 40.8 Å². The van der Waals surface area contributed by atoms with Crippen LogP contribution in [0.1, 0.15) is 17.4 Å². The van der Waals surface area contributed by atoms with Crippen molar-refractivity contribution >= 4 is 17.3 Å². The predicted octanol–water partition coefficient (Wildman–Crippen LogP) is 2.79. The van der Waals surface area contributed by atoms with Gasteiger partial charge in [0.15, 0.2) is 5.96 Å². The van der Waals surface area contributed by atoms with Crippen molar-refractivity contribution in [2.75, 3.05) is 27.2 Å². The number of guanidine groups is 1. The second-order valence-corrected chi connectivity index (χ2v) is 6.08. The molecule has 0 spiro atoms. The molecule has 0 atom stereocenters. The summed E-state index contributed by atoms with van der Waals surface area (Å²) in [6.45, 7) is 4.13. The van der Waals surface area contributed by atoms with E-state index in [1.54, 1.807) is 24.6 Å². The maximum absolute atomic E-state index is 5.56. The molecule has 0 amide bonds. The number of hydrogen-bond donors (Lipinski definition) is 1. The second-order valence-electron chi connectivity index (χ2n) is 5.05. The van der Waals surface area contributed by atoms with E-state index >= 15 is 0 Å². The molecule has 124 valence electrons. The summed E-state index contributed by atoms with van der Waals surface area (Å²) in [6, 6.07) is 8.19. The zero-order valence-electron chi connectivity index (χ0n) is 14.0. The molecule has 23 heavy (non-hydrogen) atoms. The van der Waals surface area contributed by atoms with Crippen LogP contribution in [0.25, 0.3) is 0 Å². The Labute approximate surface area is 142 Å². The van der Waals surface area contributed by atoms with Crippen molar-refractivity contribution in [3.05, 3.63) is 46.3 Å². The van der Waals surface area contributed by atoms with Crippen molar-refractivity contribution in [3.8, 4) is 5.88 Å². The van der Waals surface area contributed by atoms with Crippen molar-refractivity contribution in [2.45, 2.75) is 19.9 Å². The van der Waals surface area contributed by atoms with Gasteiger partial charge in [-0.25, -0.2) is 4.98 Å². The SMILES string of the molecule is CCOc1ncccc1CNC(=NC)N(C)CCc1cccs1. The van der Waals surface area contributed by atoms with Gasteiger partial charge in [-0.2, -0.15) is 0 Å². The fraction of sp³-hybridized carbons (Fsp3) is 0.412. The summed E-state index contributed by atoms with van der Waals surface area (Å²) in [6.07, 6.45) is 2.77. The third kappa shape index (κ3) is 5.25. The molecule has 0 saturated carbocycles. The van der Waals surface area contributed by atoms with E-state index in [1.807, 2.05) is 19.1 Å². The van der Waals surface area contributed by atoms with E-state index in [9.17, 15) is 0 Å². The van der Waals surface area contributed by atoms with Crippen LogP contribution in [0.3, 0.4) is 0 Å². The molecule has 0 aliphatic carbocycles. The smallest absolute Gasteiger partial charge is 0.218 e. The second kappa shape index (κ2) is 9.15. The Hall–Kier alpha value is -2.08. The summed E-state index contributed by atoms with van der Waals surface area (Å²) in [7, 11) is 3.85. The summed E-state index contributed by atoms with van der Waals surface area (Å²) in [5.41, 5.74) is 1.03. The van der Waals surface area contributed by atoms with E-state index in [1.165, 1.54) is 4.88 Å². The number of likely N-dealkylation sites (N-methyl/N-ethyl adjacent to an activating group) is 1. The lowest BCUT2D eigenvalue weighted by atomic mass is 10.2. The number of thiophene rings is 1. The highest BCUT2D eigenvalue weighted by atomic mass is 32.1. The summed E-state index contributed by atoms with van der Waals surface area (Å²) in [5.74, 6) is 1.55. The molecular weight excluding hydrogens is 308 g/mol. The van der Waals surface area contributed by atoms with E-state index < -0.39 is 0 Å². The monoisotopic (exact) mass is 332 g/mol. The Morgan fingerprint density at radius 1 is 1.39 bits per heavy atom. The van der Waals surface area contributed by atoms with E-state index in [4.69, 9.17) is 4.74 Å². The highest BCUT2D eigenvalue weighted by Crippen LogP contribution is 2.14. The van der Waals surface area contributed by atoms with Crippen LogP contribution in [-0.4, -0.2) is 43.1 Å². The van der Waals surface area contributed by atoms with E-state index in [2.05, 4.69) is 44.8 Å². The lowest BCUT2D eigenvalue weighted by Gasteiger charge is -2.22. The lowest BCUT2D eigenvalue weighted by molar-refractivity contribution is 0.322. The topological polar surface area (TPSA) is 49.8 Å². The minimum atomic E-state index is 0.611. The van der Waals surface area contributed by atoms with Gasteiger partial charge in [0.2, 0.25) is 5.88 Å². The normalized spacial score (nSPS) is 11.3. The number of aromatic nitrogens is 1. The highest BCUT2D eigenvalue weighted by molar-refractivity contribution is 7.09. The quantitative estimate of drug-likeness (QED) is 0.626. The van der Waals surface area contributed by atoms with Crippen LogP contribution in [0.5, 0.6) is 5.88 Å². The zero-order chi connectivity index (χ0) is 16.5. The van der Waals surface area contributed by atoms with Gasteiger partial charge in [-0.1, -0.05) is 12.1 Å². The first kappa shape index (κ1) is 17.3. The van der Waals surface area contributed by atoms with Crippen molar-refractivity contribution < 1.29 is 4.74 Å². The number of nitrogens with zero attached hydrogens (tertiary/aromatic N) is 3.